The van der Waals surface area contributed by atoms with Gasteiger partial charge in [0.25, 0.3) is 0 Å². The Balaban J connectivity index is 2.73. The van der Waals surface area contributed by atoms with Crippen LogP contribution in [0.15, 0.2) is 18.2 Å². The van der Waals surface area contributed by atoms with Gasteiger partial charge in [-0.2, -0.15) is 13.2 Å². The summed E-state index contributed by atoms with van der Waals surface area (Å²) in [6.45, 7) is 0.318. The number of hydrogen-bond donors (Lipinski definition) is 1. The lowest BCUT2D eigenvalue weighted by Gasteiger charge is -2.12. The Labute approximate surface area is 79.5 Å². The van der Waals surface area contributed by atoms with Gasteiger partial charge in [0, 0.05) is 11.3 Å². The molecule has 0 saturated heterocycles. The lowest BCUT2D eigenvalue weighted by molar-refractivity contribution is -0.153. The van der Waals surface area contributed by atoms with Crippen molar-refractivity contribution in [3.05, 3.63) is 23.8 Å². The number of rotatable bonds is 2. The second-order valence-electron chi connectivity index (χ2n) is 2.87. The van der Waals surface area contributed by atoms with Crippen molar-refractivity contribution in [2.24, 2.45) is 0 Å². The van der Waals surface area contributed by atoms with Gasteiger partial charge >= 0.3 is 6.18 Å². The van der Waals surface area contributed by atoms with Crippen LogP contribution in [0.25, 0.3) is 0 Å². The maximum Gasteiger partial charge on any atom is 0.422 e. The molecule has 5 heteroatoms. The molecule has 1 aromatic rings. The molecule has 1 aromatic carbocycles. The van der Waals surface area contributed by atoms with Crippen LogP contribution in [0.2, 0.25) is 0 Å². The number of alkyl halides is 3. The Morgan fingerprint density at radius 2 is 2.00 bits per heavy atom. The third-order valence-corrected chi connectivity index (χ3v) is 1.72. The molecule has 0 aliphatic heterocycles. The zero-order valence-corrected chi connectivity index (χ0v) is 7.56. The van der Waals surface area contributed by atoms with Gasteiger partial charge in [-0.15, -0.1) is 0 Å². The molecule has 0 spiro atoms. The number of nitrogens with two attached hydrogens (primary N) is 1. The first-order valence-electron chi connectivity index (χ1n) is 3.95. The zero-order chi connectivity index (χ0) is 10.8. The summed E-state index contributed by atoms with van der Waals surface area (Å²) in [5.41, 5.74) is 6.44. The summed E-state index contributed by atoms with van der Waals surface area (Å²) in [6.07, 6.45) is -4.32. The van der Waals surface area contributed by atoms with Crippen molar-refractivity contribution in [3.63, 3.8) is 0 Å². The van der Waals surface area contributed by atoms with Crippen LogP contribution in [-0.2, 0) is 0 Å². The van der Waals surface area contributed by atoms with E-state index in [1.807, 2.05) is 0 Å². The lowest BCUT2D eigenvalue weighted by atomic mass is 10.2. The summed E-state index contributed by atoms with van der Waals surface area (Å²) >= 11 is 0. The van der Waals surface area contributed by atoms with Crippen molar-refractivity contribution < 1.29 is 17.9 Å². The van der Waals surface area contributed by atoms with Crippen molar-refractivity contribution in [3.8, 4) is 5.75 Å². The van der Waals surface area contributed by atoms with Crippen LogP contribution >= 0.6 is 0 Å². The third-order valence-electron chi connectivity index (χ3n) is 1.72. The molecule has 0 unspecified atom stereocenters. The number of benzene rings is 1. The van der Waals surface area contributed by atoms with Gasteiger partial charge in [-0.1, -0.05) is 6.07 Å². The van der Waals surface area contributed by atoms with Gasteiger partial charge in [0.2, 0.25) is 0 Å². The first kappa shape index (κ1) is 10.7. The van der Waals surface area contributed by atoms with Crippen molar-refractivity contribution in [1.29, 1.82) is 0 Å². The Hall–Kier alpha value is -1.39. The van der Waals surface area contributed by atoms with Crippen molar-refractivity contribution in [2.45, 2.75) is 13.1 Å². The van der Waals surface area contributed by atoms with Crippen molar-refractivity contribution in [1.82, 2.24) is 0 Å². The van der Waals surface area contributed by atoms with Gasteiger partial charge in [-0.25, -0.2) is 0 Å². The highest BCUT2D eigenvalue weighted by atomic mass is 19.4. The topological polar surface area (TPSA) is 35.2 Å². The van der Waals surface area contributed by atoms with Crippen LogP contribution in [0.3, 0.4) is 0 Å². The highest BCUT2D eigenvalue weighted by Crippen LogP contribution is 2.25. The van der Waals surface area contributed by atoms with Gasteiger partial charge in [0.1, 0.15) is 5.75 Å². The minimum Gasteiger partial charge on any atom is -0.484 e. The Bertz CT molecular complexity index is 322. The van der Waals surface area contributed by atoms with Gasteiger partial charge in [-0.05, 0) is 19.1 Å². The Morgan fingerprint density at radius 3 is 2.57 bits per heavy atom. The fourth-order valence-corrected chi connectivity index (χ4v) is 0.947. The van der Waals surface area contributed by atoms with E-state index in [-0.39, 0.29) is 5.75 Å². The molecule has 0 saturated carbocycles. The maximum absolute atomic E-state index is 11.8. The fourth-order valence-electron chi connectivity index (χ4n) is 0.947. The summed E-state index contributed by atoms with van der Waals surface area (Å²) in [5.74, 6) is 0.169. The van der Waals surface area contributed by atoms with E-state index in [1.54, 1.807) is 19.1 Å². The minimum atomic E-state index is -4.32. The monoisotopic (exact) mass is 205 g/mol. The molecule has 0 bridgehead atoms. The summed E-state index contributed by atoms with van der Waals surface area (Å²) < 4.78 is 40.0. The molecule has 0 aromatic heterocycles. The molecule has 1 rings (SSSR count). The molecule has 0 radical (unpaired) electrons. The van der Waals surface area contributed by atoms with E-state index in [0.29, 0.717) is 11.3 Å². The van der Waals surface area contributed by atoms with Crippen LogP contribution in [0.5, 0.6) is 5.75 Å². The van der Waals surface area contributed by atoms with Crippen molar-refractivity contribution >= 4 is 5.69 Å². The lowest BCUT2D eigenvalue weighted by Crippen LogP contribution is -2.19. The van der Waals surface area contributed by atoms with E-state index in [1.165, 1.54) is 6.07 Å². The molecular formula is C9H10F3NO. The molecule has 0 heterocycles. The SMILES string of the molecule is Cc1c(N)cccc1OCC(F)(F)F. The van der Waals surface area contributed by atoms with Gasteiger partial charge in [0.05, 0.1) is 0 Å². The van der Waals surface area contributed by atoms with E-state index in [9.17, 15) is 13.2 Å². The summed E-state index contributed by atoms with van der Waals surface area (Å²) in [7, 11) is 0. The van der Waals surface area contributed by atoms with E-state index in [4.69, 9.17) is 5.73 Å². The van der Waals surface area contributed by atoms with Gasteiger partial charge in [0.15, 0.2) is 6.61 Å². The predicted octanol–water partition coefficient (Wildman–Crippen LogP) is 2.52. The van der Waals surface area contributed by atoms with Crippen molar-refractivity contribution in [2.75, 3.05) is 12.3 Å². The fraction of sp³-hybridized carbons (Fsp3) is 0.333. The Kier molecular flexibility index (Phi) is 2.88. The van der Waals surface area contributed by atoms with E-state index in [2.05, 4.69) is 4.74 Å². The van der Waals surface area contributed by atoms with Crippen LogP contribution in [0, 0.1) is 6.92 Å². The molecule has 0 atom stereocenters. The number of hydrogen-bond acceptors (Lipinski definition) is 2. The molecule has 2 N–H and O–H groups in total. The number of halogens is 3. The summed E-state index contributed by atoms with van der Waals surface area (Å²) in [6, 6.07) is 4.61. The maximum atomic E-state index is 11.8. The molecule has 2 nitrogen and oxygen atoms in total. The molecule has 14 heavy (non-hydrogen) atoms. The van der Waals surface area contributed by atoms with E-state index >= 15 is 0 Å². The average Bonchev–Trinajstić information content (AvgIpc) is 2.06. The number of anilines is 1. The summed E-state index contributed by atoms with van der Waals surface area (Å²) in [5, 5.41) is 0. The number of nitrogen functional groups attached to an aromatic ring is 1. The predicted molar refractivity (Wildman–Crippen MR) is 47.1 cm³/mol. The first-order valence-corrected chi connectivity index (χ1v) is 3.95. The van der Waals surface area contributed by atoms with E-state index in [0.717, 1.165) is 0 Å². The van der Waals surface area contributed by atoms with Gasteiger partial charge < -0.3 is 10.5 Å². The average molecular weight is 205 g/mol. The molecule has 0 fully saturated rings. The first-order chi connectivity index (χ1) is 6.40. The molecular weight excluding hydrogens is 195 g/mol. The highest BCUT2D eigenvalue weighted by Gasteiger charge is 2.28. The normalized spacial score (nSPS) is 11.4. The smallest absolute Gasteiger partial charge is 0.422 e. The largest absolute Gasteiger partial charge is 0.484 e. The number of ether oxygens (including phenoxy) is 1. The molecule has 0 aliphatic rings. The Morgan fingerprint density at radius 1 is 1.36 bits per heavy atom. The van der Waals surface area contributed by atoms with Gasteiger partial charge in [-0.3, -0.25) is 0 Å². The van der Waals surface area contributed by atoms with Crippen LogP contribution < -0.4 is 10.5 Å². The molecule has 0 aliphatic carbocycles. The molecule has 0 amide bonds. The zero-order valence-electron chi connectivity index (χ0n) is 7.56. The van der Waals surface area contributed by atoms with Crippen LogP contribution in [-0.4, -0.2) is 12.8 Å². The molecule has 78 valence electrons. The van der Waals surface area contributed by atoms with Crippen LogP contribution in [0.1, 0.15) is 5.56 Å². The quantitative estimate of drug-likeness (QED) is 0.753. The van der Waals surface area contributed by atoms with Crippen LogP contribution in [0.4, 0.5) is 18.9 Å². The standard InChI is InChI=1S/C9H10F3NO/c1-6-7(13)3-2-4-8(6)14-5-9(10,11)12/h2-4H,5,13H2,1H3. The second kappa shape index (κ2) is 3.77. The summed E-state index contributed by atoms with van der Waals surface area (Å²) in [4.78, 5) is 0. The minimum absolute atomic E-state index is 0.169. The van der Waals surface area contributed by atoms with E-state index < -0.39 is 12.8 Å². The second-order valence-corrected chi connectivity index (χ2v) is 2.87. The highest BCUT2D eigenvalue weighted by molar-refractivity contribution is 5.53. The third kappa shape index (κ3) is 2.83.